The van der Waals surface area contributed by atoms with Crippen molar-refractivity contribution in [2.75, 3.05) is 37.7 Å². The molecule has 8 nitrogen and oxygen atoms in total. The maximum atomic E-state index is 12.7. The van der Waals surface area contributed by atoms with Crippen LogP contribution in [-0.2, 0) is 7.05 Å². The Morgan fingerprint density at radius 3 is 2.60 bits per heavy atom. The number of hydrogen-bond acceptors (Lipinski definition) is 6. The van der Waals surface area contributed by atoms with E-state index in [4.69, 9.17) is 4.74 Å². The lowest BCUT2D eigenvalue weighted by atomic mass is 10.2. The smallest absolute Gasteiger partial charge is 0.274 e. The van der Waals surface area contributed by atoms with Crippen molar-refractivity contribution in [2.24, 2.45) is 7.05 Å². The quantitative estimate of drug-likeness (QED) is 0.635. The molecule has 1 aliphatic heterocycles. The maximum Gasteiger partial charge on any atom is 0.274 e. The minimum Gasteiger partial charge on any atom is -0.471 e. The minimum absolute atomic E-state index is 0.0760. The van der Waals surface area contributed by atoms with E-state index >= 15 is 0 Å². The maximum absolute atomic E-state index is 12.7. The highest BCUT2D eigenvalue weighted by molar-refractivity contribution is 5.92. The SMILES string of the molecule is Cc1cc(C(=O)N2CCN(c3ccc4ncnc(OCC(F)F)c4c3)CC2)nn1C. The predicted molar refractivity (Wildman–Crippen MR) is 107 cm³/mol. The number of hydrogen-bond donors (Lipinski definition) is 0. The molecular weight excluding hydrogens is 394 g/mol. The fraction of sp³-hybridized carbons (Fsp3) is 0.400. The first kappa shape index (κ1) is 20.0. The van der Waals surface area contributed by atoms with Gasteiger partial charge in [-0.05, 0) is 31.2 Å². The van der Waals surface area contributed by atoms with Gasteiger partial charge in [-0.3, -0.25) is 9.48 Å². The van der Waals surface area contributed by atoms with Crippen LogP contribution in [0.5, 0.6) is 5.88 Å². The predicted octanol–water partition coefficient (Wildman–Crippen LogP) is 2.28. The summed E-state index contributed by atoms with van der Waals surface area (Å²) in [7, 11) is 1.81. The number of piperazine rings is 1. The van der Waals surface area contributed by atoms with Gasteiger partial charge in [-0.2, -0.15) is 5.10 Å². The molecule has 1 saturated heterocycles. The van der Waals surface area contributed by atoms with E-state index < -0.39 is 13.0 Å². The second kappa shape index (κ2) is 8.21. The van der Waals surface area contributed by atoms with Crippen molar-refractivity contribution in [2.45, 2.75) is 13.3 Å². The van der Waals surface area contributed by atoms with Crippen LogP contribution in [0.4, 0.5) is 14.5 Å². The molecule has 158 valence electrons. The lowest BCUT2D eigenvalue weighted by molar-refractivity contribution is 0.0739. The first-order chi connectivity index (χ1) is 14.4. The lowest BCUT2D eigenvalue weighted by Crippen LogP contribution is -2.48. The zero-order valence-electron chi connectivity index (χ0n) is 16.8. The van der Waals surface area contributed by atoms with Crippen LogP contribution in [0.15, 0.2) is 30.6 Å². The molecule has 0 unspecified atom stereocenters. The Kier molecular flexibility index (Phi) is 5.47. The molecule has 30 heavy (non-hydrogen) atoms. The number of rotatable bonds is 5. The molecule has 4 rings (SSSR count). The fourth-order valence-corrected chi connectivity index (χ4v) is 3.47. The molecule has 1 fully saturated rings. The number of nitrogens with zero attached hydrogens (tertiary/aromatic N) is 6. The van der Waals surface area contributed by atoms with Crippen molar-refractivity contribution in [3.63, 3.8) is 0 Å². The summed E-state index contributed by atoms with van der Waals surface area (Å²) in [6.07, 6.45) is -1.28. The van der Waals surface area contributed by atoms with E-state index in [1.807, 2.05) is 32.2 Å². The van der Waals surface area contributed by atoms with Gasteiger partial charge in [0, 0.05) is 44.6 Å². The minimum atomic E-state index is -2.58. The summed E-state index contributed by atoms with van der Waals surface area (Å²) in [5.41, 5.74) is 2.91. The topological polar surface area (TPSA) is 76.4 Å². The molecule has 1 amide bonds. The highest BCUT2D eigenvalue weighted by Crippen LogP contribution is 2.27. The number of benzene rings is 1. The third-order valence-corrected chi connectivity index (χ3v) is 5.19. The zero-order chi connectivity index (χ0) is 21.3. The molecule has 0 radical (unpaired) electrons. The molecule has 2 aromatic heterocycles. The van der Waals surface area contributed by atoms with Crippen LogP contribution in [0, 0.1) is 6.92 Å². The number of carbonyl (C=O) groups is 1. The van der Waals surface area contributed by atoms with Gasteiger partial charge >= 0.3 is 0 Å². The van der Waals surface area contributed by atoms with Crippen LogP contribution in [0.3, 0.4) is 0 Å². The van der Waals surface area contributed by atoms with Crippen LogP contribution >= 0.6 is 0 Å². The highest BCUT2D eigenvalue weighted by atomic mass is 19.3. The monoisotopic (exact) mass is 416 g/mol. The summed E-state index contributed by atoms with van der Waals surface area (Å²) >= 11 is 0. The average Bonchev–Trinajstić information content (AvgIpc) is 3.09. The third kappa shape index (κ3) is 4.03. The Labute approximate surface area is 172 Å². The van der Waals surface area contributed by atoms with Crippen molar-refractivity contribution < 1.29 is 18.3 Å². The second-order valence-corrected chi connectivity index (χ2v) is 7.16. The van der Waals surface area contributed by atoms with Gasteiger partial charge in [-0.1, -0.05) is 0 Å². The van der Waals surface area contributed by atoms with E-state index in [1.54, 1.807) is 15.6 Å². The average molecular weight is 416 g/mol. The molecule has 0 saturated carbocycles. The van der Waals surface area contributed by atoms with Gasteiger partial charge in [0.2, 0.25) is 5.88 Å². The lowest BCUT2D eigenvalue weighted by Gasteiger charge is -2.36. The van der Waals surface area contributed by atoms with Crippen molar-refractivity contribution in [1.82, 2.24) is 24.6 Å². The number of aryl methyl sites for hydroxylation is 2. The molecule has 0 N–H and O–H groups in total. The van der Waals surface area contributed by atoms with E-state index in [1.165, 1.54) is 6.33 Å². The number of fused-ring (bicyclic) bond motifs is 1. The first-order valence-corrected chi connectivity index (χ1v) is 9.63. The second-order valence-electron chi connectivity index (χ2n) is 7.16. The van der Waals surface area contributed by atoms with Gasteiger partial charge in [0.25, 0.3) is 12.3 Å². The van der Waals surface area contributed by atoms with E-state index in [0.717, 1.165) is 11.4 Å². The first-order valence-electron chi connectivity index (χ1n) is 9.63. The van der Waals surface area contributed by atoms with Gasteiger partial charge in [0.1, 0.15) is 6.33 Å². The number of carbonyl (C=O) groups excluding carboxylic acids is 1. The summed E-state index contributed by atoms with van der Waals surface area (Å²) < 4.78 is 31.9. The molecule has 0 atom stereocenters. The number of aromatic nitrogens is 4. The van der Waals surface area contributed by atoms with Crippen molar-refractivity contribution >= 4 is 22.5 Å². The Hall–Kier alpha value is -3.30. The molecule has 1 aromatic carbocycles. The number of halogens is 2. The van der Waals surface area contributed by atoms with Crippen molar-refractivity contribution in [3.8, 4) is 5.88 Å². The van der Waals surface area contributed by atoms with Gasteiger partial charge in [0.05, 0.1) is 10.9 Å². The summed E-state index contributed by atoms with van der Waals surface area (Å²) in [4.78, 5) is 24.8. The van der Waals surface area contributed by atoms with Crippen LogP contribution in [-0.4, -0.2) is 69.8 Å². The van der Waals surface area contributed by atoms with Crippen molar-refractivity contribution in [3.05, 3.63) is 42.0 Å². The number of anilines is 1. The Morgan fingerprint density at radius 2 is 1.93 bits per heavy atom. The Balaban J connectivity index is 1.47. The van der Waals surface area contributed by atoms with Crippen LogP contribution in [0.2, 0.25) is 0 Å². The van der Waals surface area contributed by atoms with E-state index in [0.29, 0.717) is 42.8 Å². The molecule has 3 aromatic rings. The molecule has 10 heteroatoms. The molecule has 3 heterocycles. The summed E-state index contributed by atoms with van der Waals surface area (Å²) in [6, 6.07) is 7.37. The van der Waals surface area contributed by atoms with Gasteiger partial charge in [-0.15, -0.1) is 0 Å². The Bertz CT molecular complexity index is 1040. The molecule has 0 spiro atoms. The number of ether oxygens (including phenoxy) is 1. The van der Waals surface area contributed by atoms with E-state index in [9.17, 15) is 13.6 Å². The normalized spacial score (nSPS) is 14.6. The fourth-order valence-electron chi connectivity index (χ4n) is 3.47. The Morgan fingerprint density at radius 1 is 1.17 bits per heavy atom. The summed E-state index contributed by atoms with van der Waals surface area (Å²) in [6.45, 7) is 3.60. The van der Waals surface area contributed by atoms with E-state index in [2.05, 4.69) is 20.0 Å². The largest absolute Gasteiger partial charge is 0.471 e. The highest BCUT2D eigenvalue weighted by Gasteiger charge is 2.24. The third-order valence-electron chi connectivity index (χ3n) is 5.19. The molecular formula is C20H22F2N6O2. The summed E-state index contributed by atoms with van der Waals surface area (Å²) in [5.74, 6) is 0.0643. The molecule has 0 bridgehead atoms. The van der Waals surface area contributed by atoms with Crippen LogP contribution in [0.25, 0.3) is 10.9 Å². The van der Waals surface area contributed by atoms with E-state index in [-0.39, 0.29) is 11.8 Å². The van der Waals surface area contributed by atoms with Gasteiger partial charge < -0.3 is 14.5 Å². The number of amides is 1. The summed E-state index contributed by atoms with van der Waals surface area (Å²) in [5, 5.41) is 4.85. The molecule has 0 aliphatic carbocycles. The zero-order valence-corrected chi connectivity index (χ0v) is 16.8. The number of alkyl halides is 2. The standard InChI is InChI=1S/C20H22F2N6O2/c1-13-9-17(25-26(13)2)20(29)28-7-5-27(6-8-28)14-3-4-16-15(10-14)19(24-12-23-16)30-11-18(21)22/h3-4,9-10,12,18H,5-8,11H2,1-2H3. The molecule has 1 aliphatic rings. The van der Waals surface area contributed by atoms with Gasteiger partial charge in [-0.25, -0.2) is 18.7 Å². The van der Waals surface area contributed by atoms with Crippen LogP contribution in [0.1, 0.15) is 16.2 Å². The van der Waals surface area contributed by atoms with Crippen LogP contribution < -0.4 is 9.64 Å². The van der Waals surface area contributed by atoms with Crippen molar-refractivity contribution in [1.29, 1.82) is 0 Å². The van der Waals surface area contributed by atoms with Gasteiger partial charge in [0.15, 0.2) is 12.3 Å².